The molecule has 1 aliphatic carbocycles. The van der Waals surface area contributed by atoms with Crippen LogP contribution in [0.2, 0.25) is 0 Å². The number of amides is 2. The Morgan fingerprint density at radius 2 is 1.90 bits per heavy atom. The van der Waals surface area contributed by atoms with Crippen LogP contribution >= 0.6 is 0 Å². The number of carbonyl (C=O) groups excluding carboxylic acids is 2. The summed E-state index contributed by atoms with van der Waals surface area (Å²) in [5.74, 6) is 2.41. The zero-order valence-electron chi connectivity index (χ0n) is 17.7. The van der Waals surface area contributed by atoms with Crippen molar-refractivity contribution in [1.29, 1.82) is 0 Å². The van der Waals surface area contributed by atoms with Gasteiger partial charge in [0, 0.05) is 32.5 Å². The van der Waals surface area contributed by atoms with Gasteiger partial charge < -0.3 is 10.6 Å². The first-order valence-corrected chi connectivity index (χ1v) is 11.1. The summed E-state index contributed by atoms with van der Waals surface area (Å²) in [6.07, 6.45) is 13.1. The van der Waals surface area contributed by atoms with E-state index in [4.69, 9.17) is 5.73 Å². The highest BCUT2D eigenvalue weighted by Crippen LogP contribution is 2.38. The van der Waals surface area contributed by atoms with E-state index in [-0.39, 0.29) is 11.7 Å². The molecular weight excluding hydrogens is 382 g/mol. The minimum Gasteiger partial charge on any atom is -0.363 e. The molecule has 1 saturated carbocycles. The van der Waals surface area contributed by atoms with Crippen LogP contribution in [-0.4, -0.2) is 43.4 Å². The fourth-order valence-electron chi connectivity index (χ4n) is 4.90. The molecule has 2 aromatic rings. The second kappa shape index (κ2) is 8.97. The molecule has 0 radical (unpaired) electrons. The number of nitrogens with zero attached hydrogens (tertiary/aromatic N) is 6. The topological polar surface area (TPSA) is 112 Å². The van der Waals surface area contributed by atoms with E-state index in [1.165, 1.54) is 38.5 Å². The Balaban J connectivity index is 0.000000158. The van der Waals surface area contributed by atoms with Crippen LogP contribution in [0.5, 0.6) is 0 Å². The molecule has 0 spiro atoms. The first-order valence-electron chi connectivity index (χ1n) is 11.1. The average molecular weight is 414 g/mol. The summed E-state index contributed by atoms with van der Waals surface area (Å²) in [4.78, 5) is 28.5. The number of rotatable bonds is 2. The molecule has 4 heterocycles. The molecule has 9 heteroatoms. The maximum absolute atomic E-state index is 11.4. The number of carbonyl (C=O) groups is 2. The van der Waals surface area contributed by atoms with Crippen LogP contribution < -0.4 is 10.6 Å². The Kier molecular flexibility index (Phi) is 6.15. The van der Waals surface area contributed by atoms with Gasteiger partial charge in [-0.3, -0.25) is 9.59 Å². The second-order valence-corrected chi connectivity index (χ2v) is 8.49. The van der Waals surface area contributed by atoms with Gasteiger partial charge in [-0.25, -0.2) is 14.3 Å². The SMILES string of the molecule is CN1C(=O)CCCn2nccc21.NC(=O)c1nc2n(n1)C(C1CCCCC1)CCC2. The van der Waals surface area contributed by atoms with Crippen molar-refractivity contribution in [1.82, 2.24) is 24.5 Å². The molecule has 5 rings (SSSR count). The van der Waals surface area contributed by atoms with E-state index in [0.717, 1.165) is 37.4 Å². The molecule has 0 bridgehead atoms. The van der Waals surface area contributed by atoms with Gasteiger partial charge in [-0.2, -0.15) is 5.10 Å². The van der Waals surface area contributed by atoms with Crippen LogP contribution in [0.25, 0.3) is 0 Å². The first-order chi connectivity index (χ1) is 14.5. The number of nitrogens with two attached hydrogens (primary N) is 1. The van der Waals surface area contributed by atoms with Crippen LogP contribution in [0.3, 0.4) is 0 Å². The van der Waals surface area contributed by atoms with Crippen molar-refractivity contribution in [3.63, 3.8) is 0 Å². The smallest absolute Gasteiger partial charge is 0.288 e. The Labute approximate surface area is 176 Å². The van der Waals surface area contributed by atoms with Crippen LogP contribution in [-0.2, 0) is 17.8 Å². The van der Waals surface area contributed by atoms with Crippen LogP contribution in [0, 0.1) is 5.92 Å². The van der Waals surface area contributed by atoms with Gasteiger partial charge in [0.25, 0.3) is 5.91 Å². The number of aromatic nitrogens is 5. The molecule has 2 aliphatic heterocycles. The van der Waals surface area contributed by atoms with E-state index >= 15 is 0 Å². The normalized spacial score (nSPS) is 21.8. The van der Waals surface area contributed by atoms with Crippen molar-refractivity contribution >= 4 is 17.6 Å². The van der Waals surface area contributed by atoms with E-state index < -0.39 is 5.91 Å². The number of hydrogen-bond acceptors (Lipinski definition) is 5. The lowest BCUT2D eigenvalue weighted by molar-refractivity contribution is -0.118. The van der Waals surface area contributed by atoms with Crippen LogP contribution in [0.4, 0.5) is 5.82 Å². The molecule has 162 valence electrons. The van der Waals surface area contributed by atoms with Crippen molar-refractivity contribution in [2.24, 2.45) is 11.7 Å². The molecule has 1 fully saturated rings. The van der Waals surface area contributed by atoms with E-state index in [0.29, 0.717) is 18.4 Å². The van der Waals surface area contributed by atoms with Gasteiger partial charge in [0.15, 0.2) is 0 Å². The summed E-state index contributed by atoms with van der Waals surface area (Å²) in [7, 11) is 1.79. The molecule has 1 atom stereocenters. The van der Waals surface area contributed by atoms with Gasteiger partial charge in [0.1, 0.15) is 11.6 Å². The lowest BCUT2D eigenvalue weighted by atomic mass is 9.81. The van der Waals surface area contributed by atoms with Crippen molar-refractivity contribution in [3.8, 4) is 0 Å². The molecule has 30 heavy (non-hydrogen) atoms. The second-order valence-electron chi connectivity index (χ2n) is 8.49. The Morgan fingerprint density at radius 3 is 2.67 bits per heavy atom. The van der Waals surface area contributed by atoms with Crippen molar-refractivity contribution < 1.29 is 9.59 Å². The zero-order chi connectivity index (χ0) is 21.1. The third kappa shape index (κ3) is 4.24. The molecule has 2 aromatic heterocycles. The molecule has 2 N–H and O–H groups in total. The fourth-order valence-corrected chi connectivity index (χ4v) is 4.90. The van der Waals surface area contributed by atoms with Gasteiger partial charge in [0.2, 0.25) is 11.7 Å². The van der Waals surface area contributed by atoms with Gasteiger partial charge in [0.05, 0.1) is 12.2 Å². The van der Waals surface area contributed by atoms with E-state index in [1.54, 1.807) is 18.1 Å². The Bertz CT molecular complexity index is 897. The minimum absolute atomic E-state index is 0.175. The summed E-state index contributed by atoms with van der Waals surface area (Å²) in [5, 5.41) is 8.46. The predicted octanol–water partition coefficient (Wildman–Crippen LogP) is 2.47. The van der Waals surface area contributed by atoms with Crippen molar-refractivity contribution in [2.45, 2.75) is 76.8 Å². The lowest BCUT2D eigenvalue weighted by Gasteiger charge is -2.33. The third-order valence-electron chi connectivity index (χ3n) is 6.50. The van der Waals surface area contributed by atoms with E-state index in [1.807, 2.05) is 15.4 Å². The molecule has 9 nitrogen and oxygen atoms in total. The highest BCUT2D eigenvalue weighted by atomic mass is 16.2. The van der Waals surface area contributed by atoms with Crippen LogP contribution in [0.1, 0.15) is 80.3 Å². The van der Waals surface area contributed by atoms with Gasteiger partial charge >= 0.3 is 0 Å². The molecule has 0 saturated heterocycles. The van der Waals surface area contributed by atoms with Gasteiger partial charge in [-0.15, -0.1) is 5.10 Å². The predicted molar refractivity (Wildman–Crippen MR) is 112 cm³/mol. The number of aryl methyl sites for hydroxylation is 2. The summed E-state index contributed by atoms with van der Waals surface area (Å²) in [6.45, 7) is 0.846. The summed E-state index contributed by atoms with van der Waals surface area (Å²) >= 11 is 0. The zero-order valence-corrected chi connectivity index (χ0v) is 17.7. The number of fused-ring (bicyclic) bond motifs is 2. The quantitative estimate of drug-likeness (QED) is 0.813. The summed E-state index contributed by atoms with van der Waals surface area (Å²) in [6, 6.07) is 2.30. The molecular formula is C21H31N7O2. The average Bonchev–Trinajstić information content (AvgIpc) is 3.38. The molecule has 1 unspecified atom stereocenters. The molecule has 2 amide bonds. The highest BCUT2D eigenvalue weighted by Gasteiger charge is 2.31. The van der Waals surface area contributed by atoms with E-state index in [2.05, 4.69) is 15.2 Å². The van der Waals surface area contributed by atoms with Gasteiger partial charge in [-0.1, -0.05) is 19.3 Å². The highest BCUT2D eigenvalue weighted by molar-refractivity contribution is 5.92. The third-order valence-corrected chi connectivity index (χ3v) is 6.50. The molecule has 3 aliphatic rings. The number of primary amides is 1. The van der Waals surface area contributed by atoms with Crippen molar-refractivity contribution in [2.75, 3.05) is 11.9 Å². The largest absolute Gasteiger partial charge is 0.363 e. The van der Waals surface area contributed by atoms with Crippen LogP contribution in [0.15, 0.2) is 12.3 Å². The number of anilines is 1. The lowest BCUT2D eigenvalue weighted by Crippen LogP contribution is -2.27. The summed E-state index contributed by atoms with van der Waals surface area (Å²) < 4.78 is 3.87. The maximum atomic E-state index is 11.4. The first kappa shape index (κ1) is 20.6. The van der Waals surface area contributed by atoms with Gasteiger partial charge in [-0.05, 0) is 38.0 Å². The Morgan fingerprint density at radius 1 is 1.10 bits per heavy atom. The minimum atomic E-state index is -0.515. The monoisotopic (exact) mass is 413 g/mol. The summed E-state index contributed by atoms with van der Waals surface area (Å²) in [5.41, 5.74) is 5.27. The number of hydrogen-bond donors (Lipinski definition) is 1. The Hall–Kier alpha value is -2.71. The maximum Gasteiger partial charge on any atom is 0.288 e. The van der Waals surface area contributed by atoms with Crippen molar-refractivity contribution in [3.05, 3.63) is 23.9 Å². The standard InChI is InChI=1S/C13H20N4O.C8H11N3O/c14-12(18)13-15-11-8-4-7-10(17(11)16-13)9-5-2-1-3-6-9;1-10-7-4-5-9-11(7)6-2-3-8(10)12/h9-10H,1-8H2,(H2,14,18);4-5H,2-3,6H2,1H3. The molecule has 0 aromatic carbocycles. The fraction of sp³-hybridized carbons (Fsp3) is 0.667. The van der Waals surface area contributed by atoms with E-state index in [9.17, 15) is 9.59 Å².